The lowest BCUT2D eigenvalue weighted by Crippen LogP contribution is -2.50. The fraction of sp³-hybridized carbons (Fsp3) is 0.462. The number of carbonyl (C=O) groups excluding carboxylic acids is 1. The number of rotatable bonds is 1. The van der Waals surface area contributed by atoms with Crippen LogP contribution in [0.5, 0.6) is 0 Å². The van der Waals surface area contributed by atoms with Crippen molar-refractivity contribution in [1.82, 2.24) is 5.32 Å². The Bertz CT molecular complexity index is 391. The quantitative estimate of drug-likeness (QED) is 0.816. The van der Waals surface area contributed by atoms with Gasteiger partial charge in [0.2, 0.25) is 0 Å². The van der Waals surface area contributed by atoms with Gasteiger partial charge < -0.3 is 5.32 Å². The molecule has 0 aliphatic carbocycles. The zero-order valence-corrected chi connectivity index (χ0v) is 10.6. The van der Waals surface area contributed by atoms with E-state index in [0.29, 0.717) is 12.2 Å². The second-order valence-electron chi connectivity index (χ2n) is 4.39. The van der Waals surface area contributed by atoms with Gasteiger partial charge in [-0.25, -0.2) is 0 Å². The SMILES string of the molecule is Cc1ccccc1C1(C)NCCCC1=O.Cl. The predicted molar refractivity (Wildman–Crippen MR) is 68.0 cm³/mol. The smallest absolute Gasteiger partial charge is 0.157 e. The number of aryl methyl sites for hydroxylation is 1. The Morgan fingerprint density at radius 1 is 1.31 bits per heavy atom. The van der Waals surface area contributed by atoms with Gasteiger partial charge in [-0.3, -0.25) is 4.79 Å². The Labute approximate surface area is 103 Å². The summed E-state index contributed by atoms with van der Waals surface area (Å²) in [5, 5.41) is 3.35. The van der Waals surface area contributed by atoms with Crippen LogP contribution >= 0.6 is 12.4 Å². The highest BCUT2D eigenvalue weighted by atomic mass is 35.5. The van der Waals surface area contributed by atoms with E-state index in [1.165, 1.54) is 5.56 Å². The summed E-state index contributed by atoms with van der Waals surface area (Å²) >= 11 is 0. The van der Waals surface area contributed by atoms with E-state index in [2.05, 4.69) is 18.3 Å². The third kappa shape index (κ3) is 2.13. The van der Waals surface area contributed by atoms with Crippen molar-refractivity contribution in [2.75, 3.05) is 6.54 Å². The number of carbonyl (C=O) groups is 1. The molecular weight excluding hydrogens is 222 g/mol. The molecule has 1 N–H and O–H groups in total. The molecule has 1 heterocycles. The summed E-state index contributed by atoms with van der Waals surface area (Å²) in [6.07, 6.45) is 1.65. The Balaban J connectivity index is 0.00000128. The van der Waals surface area contributed by atoms with Gasteiger partial charge >= 0.3 is 0 Å². The maximum absolute atomic E-state index is 12.0. The van der Waals surface area contributed by atoms with Crippen LogP contribution in [0.15, 0.2) is 24.3 Å². The molecule has 1 fully saturated rings. The number of piperidine rings is 1. The summed E-state index contributed by atoms with van der Waals surface area (Å²) in [4.78, 5) is 12.0. The largest absolute Gasteiger partial charge is 0.301 e. The van der Waals surface area contributed by atoms with Crippen LogP contribution in [0.25, 0.3) is 0 Å². The molecule has 0 amide bonds. The van der Waals surface area contributed by atoms with Gasteiger partial charge in [0.25, 0.3) is 0 Å². The normalized spacial score (nSPS) is 25.0. The van der Waals surface area contributed by atoms with Crippen LogP contribution in [0.3, 0.4) is 0 Å². The molecule has 2 nitrogen and oxygen atoms in total. The van der Waals surface area contributed by atoms with Gasteiger partial charge in [-0.15, -0.1) is 12.4 Å². The lowest BCUT2D eigenvalue weighted by molar-refractivity contribution is -0.126. The first-order chi connectivity index (χ1) is 7.14. The van der Waals surface area contributed by atoms with Gasteiger partial charge in [0.15, 0.2) is 5.78 Å². The van der Waals surface area contributed by atoms with Gasteiger partial charge in [-0.2, -0.15) is 0 Å². The number of halogens is 1. The Morgan fingerprint density at radius 3 is 2.62 bits per heavy atom. The number of Topliss-reactive ketones (excluding diaryl/α,β-unsaturated/α-hetero) is 1. The zero-order chi connectivity index (χ0) is 10.9. The molecule has 3 heteroatoms. The van der Waals surface area contributed by atoms with Crippen LogP contribution in [0.2, 0.25) is 0 Å². The predicted octanol–water partition coefficient (Wildman–Crippen LogP) is 2.58. The first-order valence-electron chi connectivity index (χ1n) is 5.49. The van der Waals surface area contributed by atoms with Crippen molar-refractivity contribution in [3.8, 4) is 0 Å². The van der Waals surface area contributed by atoms with Crippen LogP contribution in [-0.2, 0) is 10.3 Å². The molecular formula is C13H18ClNO. The third-order valence-corrected chi connectivity index (χ3v) is 3.30. The maximum Gasteiger partial charge on any atom is 0.157 e. The molecule has 0 radical (unpaired) electrons. The van der Waals surface area contributed by atoms with Gasteiger partial charge in [-0.1, -0.05) is 24.3 Å². The molecule has 88 valence electrons. The molecule has 0 spiro atoms. The van der Waals surface area contributed by atoms with Crippen molar-refractivity contribution in [2.45, 2.75) is 32.2 Å². The van der Waals surface area contributed by atoms with Crippen molar-refractivity contribution >= 4 is 18.2 Å². The number of ketones is 1. The maximum atomic E-state index is 12.0. The minimum Gasteiger partial charge on any atom is -0.301 e. The zero-order valence-electron chi connectivity index (χ0n) is 9.75. The molecule has 1 aromatic rings. The van der Waals surface area contributed by atoms with Crippen molar-refractivity contribution in [2.24, 2.45) is 0 Å². The molecule has 1 aliphatic rings. The second kappa shape index (κ2) is 4.98. The summed E-state index contributed by atoms with van der Waals surface area (Å²) in [5.74, 6) is 0.308. The highest BCUT2D eigenvalue weighted by Crippen LogP contribution is 2.28. The lowest BCUT2D eigenvalue weighted by Gasteiger charge is -2.34. The van der Waals surface area contributed by atoms with Gasteiger partial charge in [0.05, 0.1) is 0 Å². The minimum absolute atomic E-state index is 0. The minimum atomic E-state index is -0.469. The van der Waals surface area contributed by atoms with Gasteiger partial charge in [-0.05, 0) is 37.9 Å². The van der Waals surface area contributed by atoms with E-state index < -0.39 is 5.54 Å². The van der Waals surface area contributed by atoms with E-state index in [1.54, 1.807) is 0 Å². The van der Waals surface area contributed by atoms with E-state index in [-0.39, 0.29) is 12.4 Å². The summed E-state index contributed by atoms with van der Waals surface area (Å²) in [7, 11) is 0. The molecule has 1 aliphatic heterocycles. The summed E-state index contributed by atoms with van der Waals surface area (Å²) < 4.78 is 0. The molecule has 0 aromatic heterocycles. The summed E-state index contributed by atoms with van der Waals surface area (Å²) in [6, 6.07) is 8.11. The third-order valence-electron chi connectivity index (χ3n) is 3.30. The number of benzene rings is 1. The fourth-order valence-electron chi connectivity index (χ4n) is 2.32. The van der Waals surface area contributed by atoms with Crippen LogP contribution in [0, 0.1) is 6.92 Å². The monoisotopic (exact) mass is 239 g/mol. The first-order valence-corrected chi connectivity index (χ1v) is 5.49. The van der Waals surface area contributed by atoms with Crippen molar-refractivity contribution in [3.05, 3.63) is 35.4 Å². The standard InChI is InChI=1S/C13H17NO.ClH/c1-10-6-3-4-7-11(10)13(2)12(15)8-5-9-14-13;/h3-4,6-7,14H,5,8-9H2,1-2H3;1H. The number of hydrogen-bond donors (Lipinski definition) is 1. The van der Waals surface area contributed by atoms with E-state index in [1.807, 2.05) is 25.1 Å². The molecule has 1 unspecified atom stereocenters. The van der Waals surface area contributed by atoms with Crippen molar-refractivity contribution in [1.29, 1.82) is 0 Å². The molecule has 1 atom stereocenters. The Morgan fingerprint density at radius 2 is 2.00 bits per heavy atom. The molecule has 0 bridgehead atoms. The molecule has 2 rings (SSSR count). The van der Waals surface area contributed by atoms with E-state index in [9.17, 15) is 4.79 Å². The molecule has 1 aromatic carbocycles. The van der Waals surface area contributed by atoms with E-state index >= 15 is 0 Å². The van der Waals surface area contributed by atoms with Gasteiger partial charge in [0.1, 0.15) is 5.54 Å². The van der Waals surface area contributed by atoms with E-state index in [4.69, 9.17) is 0 Å². The fourth-order valence-corrected chi connectivity index (χ4v) is 2.32. The summed E-state index contributed by atoms with van der Waals surface area (Å²) in [6.45, 7) is 4.98. The lowest BCUT2D eigenvalue weighted by atomic mass is 9.81. The van der Waals surface area contributed by atoms with Crippen LogP contribution in [-0.4, -0.2) is 12.3 Å². The average molecular weight is 240 g/mol. The first kappa shape index (κ1) is 13.2. The van der Waals surface area contributed by atoms with Crippen molar-refractivity contribution < 1.29 is 4.79 Å². The van der Waals surface area contributed by atoms with Crippen molar-refractivity contribution in [3.63, 3.8) is 0 Å². The second-order valence-corrected chi connectivity index (χ2v) is 4.39. The highest BCUT2D eigenvalue weighted by molar-refractivity contribution is 5.90. The molecule has 16 heavy (non-hydrogen) atoms. The summed E-state index contributed by atoms with van der Waals surface area (Å²) in [5.41, 5.74) is 1.83. The van der Waals surface area contributed by atoms with Crippen LogP contribution in [0.1, 0.15) is 30.9 Å². The number of hydrogen-bond acceptors (Lipinski definition) is 2. The highest BCUT2D eigenvalue weighted by Gasteiger charge is 2.37. The van der Waals surface area contributed by atoms with Gasteiger partial charge in [0, 0.05) is 6.42 Å². The molecule has 0 saturated carbocycles. The van der Waals surface area contributed by atoms with Crippen LogP contribution < -0.4 is 5.32 Å². The Hall–Kier alpha value is -0.860. The van der Waals surface area contributed by atoms with E-state index in [0.717, 1.165) is 18.5 Å². The Kier molecular flexibility index (Phi) is 4.11. The molecule has 1 saturated heterocycles. The van der Waals surface area contributed by atoms with Crippen LogP contribution in [0.4, 0.5) is 0 Å². The topological polar surface area (TPSA) is 29.1 Å². The number of nitrogens with one attached hydrogen (secondary N) is 1. The average Bonchev–Trinajstić information content (AvgIpc) is 2.23.